The molecule has 0 aliphatic heterocycles. The fourth-order valence-electron chi connectivity index (χ4n) is 6.43. The van der Waals surface area contributed by atoms with E-state index >= 15 is 0 Å². The van der Waals surface area contributed by atoms with Gasteiger partial charge in [-0.15, -0.1) is 0 Å². The quantitative estimate of drug-likeness (QED) is 0.227. The Balaban J connectivity index is 1.51. The molecule has 1 aromatic heterocycles. The molecule has 2 aliphatic rings. The molecule has 35 heavy (non-hydrogen) atoms. The van der Waals surface area contributed by atoms with E-state index < -0.39 is 0 Å². The highest BCUT2D eigenvalue weighted by atomic mass is 79.9. The van der Waals surface area contributed by atoms with Crippen LogP contribution in [0.5, 0.6) is 0 Å². The van der Waals surface area contributed by atoms with E-state index in [2.05, 4.69) is 148 Å². The highest BCUT2D eigenvalue weighted by molar-refractivity contribution is 9.10. The molecule has 1 unspecified atom stereocenters. The molecule has 2 heteroatoms. The number of allylic oxidation sites excluding steroid dienone is 4. The lowest BCUT2D eigenvalue weighted by Crippen LogP contribution is -2.35. The summed E-state index contributed by atoms with van der Waals surface area (Å²) >= 11 is 3.79. The van der Waals surface area contributed by atoms with Crippen molar-refractivity contribution in [3.63, 3.8) is 0 Å². The molecule has 0 bridgehead atoms. The van der Waals surface area contributed by atoms with Crippen molar-refractivity contribution < 1.29 is 0 Å². The van der Waals surface area contributed by atoms with E-state index in [1.54, 1.807) is 0 Å². The third kappa shape index (κ3) is 3.00. The van der Waals surface area contributed by atoms with E-state index in [0.29, 0.717) is 0 Å². The molecule has 0 spiro atoms. The number of benzene rings is 4. The van der Waals surface area contributed by atoms with Crippen LogP contribution in [0.3, 0.4) is 0 Å². The Morgan fingerprint density at radius 1 is 0.714 bits per heavy atom. The maximum atomic E-state index is 3.79. The van der Waals surface area contributed by atoms with Gasteiger partial charge in [-0.3, -0.25) is 0 Å². The van der Waals surface area contributed by atoms with Crippen LogP contribution < -0.4 is 0 Å². The topological polar surface area (TPSA) is 4.93 Å². The molecule has 0 N–H and O–H groups in total. The zero-order valence-corrected chi connectivity index (χ0v) is 20.8. The molecule has 5 aromatic rings. The van der Waals surface area contributed by atoms with E-state index in [0.717, 1.165) is 10.9 Å². The first kappa shape index (κ1) is 20.7. The number of rotatable bonds is 3. The Morgan fingerprint density at radius 2 is 1.40 bits per heavy atom. The Labute approximate surface area is 214 Å². The van der Waals surface area contributed by atoms with Gasteiger partial charge in [-0.25, -0.2) is 0 Å². The van der Waals surface area contributed by atoms with Crippen molar-refractivity contribution in [2.24, 2.45) is 5.92 Å². The van der Waals surface area contributed by atoms with Crippen LogP contribution in [0, 0.1) is 5.92 Å². The molecule has 2 aliphatic carbocycles. The second kappa shape index (κ2) is 7.96. The summed E-state index contributed by atoms with van der Waals surface area (Å²) in [6, 6.07) is 39.9. The third-order valence-corrected chi connectivity index (χ3v) is 8.34. The smallest absolute Gasteiger partial charge is 0.0529 e. The van der Waals surface area contributed by atoms with Gasteiger partial charge in [-0.1, -0.05) is 107 Å². The molecular weight excluding hydrogens is 490 g/mol. The summed E-state index contributed by atoms with van der Waals surface area (Å²) in [5.74, 6) is 0.290. The minimum Gasteiger partial charge on any atom is -0.320 e. The van der Waals surface area contributed by atoms with Gasteiger partial charge >= 0.3 is 0 Å². The Kier molecular flexibility index (Phi) is 4.72. The molecule has 1 heterocycles. The molecule has 0 radical (unpaired) electrons. The monoisotopic (exact) mass is 513 g/mol. The Hall–Kier alpha value is -3.62. The van der Waals surface area contributed by atoms with Gasteiger partial charge in [0.15, 0.2) is 0 Å². The maximum Gasteiger partial charge on any atom is 0.0529 e. The zero-order valence-electron chi connectivity index (χ0n) is 19.2. The normalized spacial score (nSPS) is 18.0. The lowest BCUT2D eigenvalue weighted by molar-refractivity contribution is 0.484. The maximum absolute atomic E-state index is 3.79. The van der Waals surface area contributed by atoms with E-state index in [4.69, 9.17) is 0 Å². The van der Waals surface area contributed by atoms with Gasteiger partial charge in [-0.2, -0.15) is 0 Å². The van der Waals surface area contributed by atoms with E-state index in [1.165, 1.54) is 44.4 Å². The van der Waals surface area contributed by atoms with Crippen molar-refractivity contribution in [1.82, 2.24) is 4.57 Å². The van der Waals surface area contributed by atoms with Crippen molar-refractivity contribution in [3.05, 3.63) is 154 Å². The van der Waals surface area contributed by atoms with Crippen LogP contribution in [0.1, 0.15) is 28.7 Å². The summed E-state index contributed by atoms with van der Waals surface area (Å²) in [4.78, 5) is 0. The third-order valence-electron chi connectivity index (χ3n) is 7.85. The van der Waals surface area contributed by atoms with Crippen molar-refractivity contribution in [3.8, 4) is 0 Å². The molecule has 1 atom stereocenters. The Bertz CT molecular complexity index is 1580. The van der Waals surface area contributed by atoms with Crippen LogP contribution in [-0.2, 0) is 5.41 Å². The first-order valence-corrected chi connectivity index (χ1v) is 12.9. The Morgan fingerprint density at radius 3 is 2.14 bits per heavy atom. The summed E-state index contributed by atoms with van der Waals surface area (Å²) < 4.78 is 3.50. The summed E-state index contributed by atoms with van der Waals surface area (Å²) in [6.45, 7) is 0. The molecule has 7 rings (SSSR count). The SMILES string of the molecule is Brc1ccc2c(c1)C(c1ccccc1)(c1ccccc1)C1CC(n3ccc4ccccc43)=CC=C21. The van der Waals surface area contributed by atoms with Crippen LogP contribution in [0.2, 0.25) is 0 Å². The number of aromatic nitrogens is 1. The standard InChI is InChI=1S/C33H24BrN/c34-26-15-17-28-29-18-16-27(35-20-19-23-9-7-8-14-32(23)35)22-31(29)33(30(28)21-26,24-10-3-1-4-11-24)25-12-5-2-6-13-25/h1-21,31H,22H2. The average Bonchev–Trinajstić information content (AvgIpc) is 3.47. The predicted molar refractivity (Wildman–Crippen MR) is 149 cm³/mol. The molecule has 1 nitrogen and oxygen atoms in total. The number of hydrogen-bond acceptors (Lipinski definition) is 0. The number of halogens is 1. The second-order valence-electron chi connectivity index (χ2n) is 9.51. The highest BCUT2D eigenvalue weighted by Crippen LogP contribution is 2.60. The van der Waals surface area contributed by atoms with Crippen LogP contribution in [0.4, 0.5) is 0 Å². The van der Waals surface area contributed by atoms with Gasteiger partial charge < -0.3 is 4.57 Å². The largest absolute Gasteiger partial charge is 0.320 e. The van der Waals surface area contributed by atoms with Crippen LogP contribution in [-0.4, -0.2) is 4.57 Å². The van der Waals surface area contributed by atoms with E-state index in [1.807, 2.05) is 0 Å². The van der Waals surface area contributed by atoms with Crippen molar-refractivity contribution in [1.29, 1.82) is 0 Å². The fraction of sp³-hybridized carbons (Fsp3) is 0.0909. The van der Waals surface area contributed by atoms with Gasteiger partial charge in [0.05, 0.1) is 10.9 Å². The highest BCUT2D eigenvalue weighted by Gasteiger charge is 2.52. The molecule has 0 fully saturated rings. The summed E-state index contributed by atoms with van der Waals surface area (Å²) in [5.41, 5.74) is 9.19. The lowest BCUT2D eigenvalue weighted by atomic mass is 9.63. The number of hydrogen-bond donors (Lipinski definition) is 0. The average molecular weight is 514 g/mol. The first-order valence-electron chi connectivity index (χ1n) is 12.2. The van der Waals surface area contributed by atoms with Gasteiger partial charge in [0.25, 0.3) is 0 Å². The van der Waals surface area contributed by atoms with Crippen molar-refractivity contribution in [2.75, 3.05) is 0 Å². The van der Waals surface area contributed by atoms with Crippen LogP contribution >= 0.6 is 15.9 Å². The number of nitrogens with zero attached hydrogens (tertiary/aromatic N) is 1. The minimum atomic E-state index is -0.268. The van der Waals surface area contributed by atoms with Gasteiger partial charge in [0, 0.05) is 22.3 Å². The summed E-state index contributed by atoms with van der Waals surface area (Å²) in [6.07, 6.45) is 7.89. The van der Waals surface area contributed by atoms with Gasteiger partial charge in [0.1, 0.15) is 0 Å². The molecule has 0 saturated carbocycles. The molecule has 0 saturated heterocycles. The molecule has 0 amide bonds. The van der Waals surface area contributed by atoms with Crippen molar-refractivity contribution >= 4 is 38.1 Å². The van der Waals surface area contributed by atoms with Gasteiger partial charge in [-0.05, 0) is 70.0 Å². The van der Waals surface area contributed by atoms with Gasteiger partial charge in [0.2, 0.25) is 0 Å². The predicted octanol–water partition coefficient (Wildman–Crippen LogP) is 8.70. The molecular formula is C33H24BrN. The number of fused-ring (bicyclic) bond motifs is 4. The lowest BCUT2D eigenvalue weighted by Gasteiger charge is -2.40. The summed E-state index contributed by atoms with van der Waals surface area (Å²) in [5, 5.41) is 1.28. The molecule has 4 aromatic carbocycles. The first-order chi connectivity index (χ1) is 17.3. The van der Waals surface area contributed by atoms with Crippen LogP contribution in [0.15, 0.2) is 132 Å². The second-order valence-corrected chi connectivity index (χ2v) is 10.4. The fourth-order valence-corrected chi connectivity index (χ4v) is 6.79. The van der Waals surface area contributed by atoms with E-state index in [9.17, 15) is 0 Å². The van der Waals surface area contributed by atoms with E-state index in [-0.39, 0.29) is 11.3 Å². The zero-order chi connectivity index (χ0) is 23.4. The summed E-state index contributed by atoms with van der Waals surface area (Å²) in [7, 11) is 0. The minimum absolute atomic E-state index is 0.268. The molecule has 168 valence electrons. The number of para-hydroxylation sites is 1. The van der Waals surface area contributed by atoms with Crippen LogP contribution in [0.25, 0.3) is 22.2 Å². The van der Waals surface area contributed by atoms with Crippen molar-refractivity contribution in [2.45, 2.75) is 11.8 Å².